The Labute approximate surface area is 97.7 Å². The van der Waals surface area contributed by atoms with Gasteiger partial charge in [-0.05, 0) is 38.5 Å². The minimum absolute atomic E-state index is 0.124. The Balaban J connectivity index is 3.16. The Kier molecular flexibility index (Phi) is 10.9. The third-order valence-corrected chi connectivity index (χ3v) is 3.39. The lowest BCUT2D eigenvalue weighted by Crippen LogP contribution is -2.26. The number of thioether (sulfide) groups is 1. The number of hydrogen-bond acceptors (Lipinski definition) is 4. The molecule has 0 heterocycles. The first kappa shape index (κ1) is 15.2. The highest BCUT2D eigenvalue weighted by molar-refractivity contribution is 7.99. The van der Waals surface area contributed by atoms with Crippen LogP contribution in [0.1, 0.15) is 33.1 Å². The van der Waals surface area contributed by atoms with Crippen molar-refractivity contribution in [2.75, 3.05) is 24.7 Å². The molecular weight excluding hydrogens is 210 g/mol. The zero-order valence-electron chi connectivity index (χ0n) is 9.91. The standard InChI is InChI=1S/C11H25NO2S/c1-3-6-12-10(2)5-4-7-15-9-11(14)8-13/h10-14H,3-9H2,1-2H3. The molecule has 0 aliphatic carbocycles. The van der Waals surface area contributed by atoms with Crippen molar-refractivity contribution in [2.24, 2.45) is 0 Å². The summed E-state index contributed by atoms with van der Waals surface area (Å²) in [6.45, 7) is 5.35. The number of aliphatic hydroxyl groups is 2. The Morgan fingerprint density at radius 1 is 1.40 bits per heavy atom. The van der Waals surface area contributed by atoms with Gasteiger partial charge in [-0.25, -0.2) is 0 Å². The fraction of sp³-hybridized carbons (Fsp3) is 1.00. The van der Waals surface area contributed by atoms with Crippen LogP contribution in [0.15, 0.2) is 0 Å². The second-order valence-electron chi connectivity index (χ2n) is 3.91. The largest absolute Gasteiger partial charge is 0.394 e. The van der Waals surface area contributed by atoms with Gasteiger partial charge in [0.25, 0.3) is 0 Å². The summed E-state index contributed by atoms with van der Waals surface area (Å²) in [5, 5.41) is 21.1. The summed E-state index contributed by atoms with van der Waals surface area (Å²) in [4.78, 5) is 0. The second kappa shape index (κ2) is 10.7. The minimum Gasteiger partial charge on any atom is -0.394 e. The van der Waals surface area contributed by atoms with Gasteiger partial charge in [-0.1, -0.05) is 6.92 Å². The van der Waals surface area contributed by atoms with Gasteiger partial charge in [-0.15, -0.1) is 0 Å². The van der Waals surface area contributed by atoms with Crippen LogP contribution in [0.5, 0.6) is 0 Å². The van der Waals surface area contributed by atoms with Crippen molar-refractivity contribution in [3.8, 4) is 0 Å². The summed E-state index contributed by atoms with van der Waals surface area (Å²) >= 11 is 1.71. The summed E-state index contributed by atoms with van der Waals surface area (Å²) in [7, 11) is 0. The SMILES string of the molecule is CCCNC(C)CCCSCC(O)CO. The Hall–Kier alpha value is 0.230. The van der Waals surface area contributed by atoms with E-state index in [0.29, 0.717) is 11.8 Å². The zero-order chi connectivity index (χ0) is 11.5. The fourth-order valence-electron chi connectivity index (χ4n) is 1.26. The quantitative estimate of drug-likeness (QED) is 0.499. The van der Waals surface area contributed by atoms with Gasteiger partial charge in [0.05, 0.1) is 12.7 Å². The summed E-state index contributed by atoms with van der Waals surface area (Å²) in [5.74, 6) is 1.71. The molecule has 0 bridgehead atoms. The lowest BCUT2D eigenvalue weighted by molar-refractivity contribution is 0.113. The van der Waals surface area contributed by atoms with Crippen LogP contribution in [0.4, 0.5) is 0 Å². The molecule has 2 unspecified atom stereocenters. The van der Waals surface area contributed by atoms with Gasteiger partial charge in [-0.3, -0.25) is 0 Å². The van der Waals surface area contributed by atoms with Crippen LogP contribution in [-0.2, 0) is 0 Å². The van der Waals surface area contributed by atoms with Crippen molar-refractivity contribution in [1.29, 1.82) is 0 Å². The summed E-state index contributed by atoms with van der Waals surface area (Å²) in [5.41, 5.74) is 0. The van der Waals surface area contributed by atoms with Gasteiger partial charge in [-0.2, -0.15) is 11.8 Å². The number of hydrogen-bond donors (Lipinski definition) is 3. The first-order valence-electron chi connectivity index (χ1n) is 5.80. The molecule has 0 saturated carbocycles. The van der Waals surface area contributed by atoms with Gasteiger partial charge in [0, 0.05) is 11.8 Å². The molecule has 2 atom stereocenters. The predicted molar refractivity (Wildman–Crippen MR) is 67.4 cm³/mol. The molecule has 0 saturated heterocycles. The highest BCUT2D eigenvalue weighted by Crippen LogP contribution is 2.08. The van der Waals surface area contributed by atoms with E-state index in [-0.39, 0.29) is 6.61 Å². The molecule has 3 N–H and O–H groups in total. The van der Waals surface area contributed by atoms with Crippen LogP contribution < -0.4 is 5.32 Å². The van der Waals surface area contributed by atoms with E-state index in [1.54, 1.807) is 11.8 Å². The summed E-state index contributed by atoms with van der Waals surface area (Å²) < 4.78 is 0. The van der Waals surface area contributed by atoms with E-state index < -0.39 is 6.10 Å². The molecule has 92 valence electrons. The molecule has 0 amide bonds. The second-order valence-corrected chi connectivity index (χ2v) is 5.06. The van der Waals surface area contributed by atoms with Gasteiger partial charge >= 0.3 is 0 Å². The van der Waals surface area contributed by atoms with Crippen molar-refractivity contribution < 1.29 is 10.2 Å². The average Bonchev–Trinajstić information content (AvgIpc) is 2.25. The van der Waals surface area contributed by atoms with E-state index in [1.165, 1.54) is 19.3 Å². The third kappa shape index (κ3) is 10.5. The van der Waals surface area contributed by atoms with Crippen LogP contribution in [-0.4, -0.2) is 47.0 Å². The van der Waals surface area contributed by atoms with Gasteiger partial charge in [0.15, 0.2) is 0 Å². The molecule has 0 aromatic carbocycles. The maximum Gasteiger partial charge on any atom is 0.0861 e. The number of aliphatic hydroxyl groups excluding tert-OH is 2. The number of rotatable bonds is 10. The van der Waals surface area contributed by atoms with Crippen molar-refractivity contribution in [3.63, 3.8) is 0 Å². The topological polar surface area (TPSA) is 52.5 Å². The van der Waals surface area contributed by atoms with Gasteiger partial charge in [0.1, 0.15) is 0 Å². The molecular formula is C11H25NO2S. The zero-order valence-corrected chi connectivity index (χ0v) is 10.7. The third-order valence-electron chi connectivity index (χ3n) is 2.19. The molecule has 0 aromatic rings. The van der Waals surface area contributed by atoms with Crippen LogP contribution in [0.2, 0.25) is 0 Å². The number of nitrogens with one attached hydrogen (secondary N) is 1. The molecule has 0 aliphatic heterocycles. The van der Waals surface area contributed by atoms with Gasteiger partial charge in [0.2, 0.25) is 0 Å². The predicted octanol–water partition coefficient (Wildman–Crippen LogP) is 1.24. The van der Waals surface area contributed by atoms with Crippen molar-refractivity contribution in [3.05, 3.63) is 0 Å². The normalized spacial score (nSPS) is 15.2. The Morgan fingerprint density at radius 2 is 2.13 bits per heavy atom. The monoisotopic (exact) mass is 235 g/mol. The molecule has 0 radical (unpaired) electrons. The summed E-state index contributed by atoms with van der Waals surface area (Å²) in [6.07, 6.45) is 2.98. The van der Waals surface area contributed by atoms with Crippen LogP contribution >= 0.6 is 11.8 Å². The van der Waals surface area contributed by atoms with E-state index in [9.17, 15) is 0 Å². The fourth-order valence-corrected chi connectivity index (χ4v) is 2.17. The molecule has 15 heavy (non-hydrogen) atoms. The summed E-state index contributed by atoms with van der Waals surface area (Å²) in [6, 6.07) is 0.591. The molecule has 0 spiro atoms. The lowest BCUT2D eigenvalue weighted by atomic mass is 10.2. The Bertz CT molecular complexity index is 136. The van der Waals surface area contributed by atoms with E-state index in [2.05, 4.69) is 19.2 Å². The molecule has 0 rings (SSSR count). The smallest absolute Gasteiger partial charge is 0.0861 e. The maximum absolute atomic E-state index is 9.10. The Morgan fingerprint density at radius 3 is 2.73 bits per heavy atom. The highest BCUT2D eigenvalue weighted by Gasteiger charge is 2.03. The van der Waals surface area contributed by atoms with Crippen LogP contribution in [0.3, 0.4) is 0 Å². The van der Waals surface area contributed by atoms with Crippen LogP contribution in [0.25, 0.3) is 0 Å². The van der Waals surface area contributed by atoms with E-state index in [1.807, 2.05) is 0 Å². The van der Waals surface area contributed by atoms with E-state index in [0.717, 1.165) is 12.3 Å². The molecule has 3 nitrogen and oxygen atoms in total. The molecule has 0 aliphatic rings. The molecule has 4 heteroatoms. The lowest BCUT2D eigenvalue weighted by Gasteiger charge is -2.12. The van der Waals surface area contributed by atoms with Crippen LogP contribution in [0, 0.1) is 0 Å². The van der Waals surface area contributed by atoms with Crippen molar-refractivity contribution in [2.45, 2.75) is 45.3 Å². The molecule has 0 aromatic heterocycles. The highest BCUT2D eigenvalue weighted by atomic mass is 32.2. The van der Waals surface area contributed by atoms with E-state index >= 15 is 0 Å². The first-order valence-corrected chi connectivity index (χ1v) is 6.96. The van der Waals surface area contributed by atoms with Crippen molar-refractivity contribution in [1.82, 2.24) is 5.32 Å². The minimum atomic E-state index is -0.550. The average molecular weight is 235 g/mol. The van der Waals surface area contributed by atoms with Gasteiger partial charge < -0.3 is 15.5 Å². The first-order chi connectivity index (χ1) is 7.20. The maximum atomic E-state index is 9.10. The van der Waals surface area contributed by atoms with E-state index in [4.69, 9.17) is 10.2 Å². The van der Waals surface area contributed by atoms with Crippen molar-refractivity contribution >= 4 is 11.8 Å². The molecule has 0 fully saturated rings.